The number of aromatic nitrogens is 1. The van der Waals surface area contributed by atoms with E-state index >= 15 is 0 Å². The third-order valence-electron chi connectivity index (χ3n) is 4.63. The first-order valence-corrected chi connectivity index (χ1v) is 9.00. The maximum Gasteiger partial charge on any atom is 0.238 e. The number of carbonyl (C=O) groups is 1. The van der Waals surface area contributed by atoms with Crippen LogP contribution < -0.4 is 5.32 Å². The number of oxazole rings is 1. The lowest BCUT2D eigenvalue weighted by atomic mass is 10.1. The molecule has 27 heavy (non-hydrogen) atoms. The zero-order chi connectivity index (χ0) is 19.4. The predicted molar refractivity (Wildman–Crippen MR) is 108 cm³/mol. The van der Waals surface area contributed by atoms with Crippen molar-refractivity contribution in [3.8, 4) is 11.5 Å². The first-order chi connectivity index (χ1) is 12.9. The molecule has 0 unspecified atom stereocenters. The molecular formula is C22H25N3O2. The number of nitrogens with one attached hydrogen (secondary N) is 1. The van der Waals surface area contributed by atoms with E-state index in [1.165, 1.54) is 0 Å². The van der Waals surface area contributed by atoms with Crippen LogP contribution in [-0.4, -0.2) is 29.4 Å². The molecule has 3 rings (SSSR count). The Balaban J connectivity index is 1.62. The number of hydrogen-bond donors (Lipinski definition) is 1. The molecule has 0 spiro atoms. The highest BCUT2D eigenvalue weighted by Crippen LogP contribution is 2.22. The van der Waals surface area contributed by atoms with Crippen LogP contribution >= 0.6 is 0 Å². The van der Waals surface area contributed by atoms with Crippen molar-refractivity contribution >= 4 is 11.6 Å². The van der Waals surface area contributed by atoms with E-state index in [1.54, 1.807) is 0 Å². The molecule has 0 saturated carbocycles. The first kappa shape index (κ1) is 18.9. The first-order valence-electron chi connectivity index (χ1n) is 9.00. The summed E-state index contributed by atoms with van der Waals surface area (Å²) in [6.07, 6.45) is 0. The van der Waals surface area contributed by atoms with Gasteiger partial charge in [0, 0.05) is 17.8 Å². The SMILES string of the molecule is Cc1cccc(NC(=O)CN(C)Cc2nc(-c3ccccc3)oc2C)c1C. The summed E-state index contributed by atoms with van der Waals surface area (Å²) < 4.78 is 5.79. The minimum absolute atomic E-state index is 0.0457. The van der Waals surface area contributed by atoms with Crippen LogP contribution in [0.2, 0.25) is 0 Å². The van der Waals surface area contributed by atoms with Crippen molar-refractivity contribution in [3.05, 3.63) is 71.1 Å². The van der Waals surface area contributed by atoms with Gasteiger partial charge in [0.25, 0.3) is 0 Å². The summed E-state index contributed by atoms with van der Waals surface area (Å²) in [5.74, 6) is 1.34. The van der Waals surface area contributed by atoms with Gasteiger partial charge in [-0.15, -0.1) is 0 Å². The molecule has 0 bridgehead atoms. The second-order valence-corrected chi connectivity index (χ2v) is 6.86. The molecule has 1 N–H and O–H groups in total. The number of aryl methyl sites for hydroxylation is 2. The fraction of sp³-hybridized carbons (Fsp3) is 0.273. The number of benzene rings is 2. The minimum Gasteiger partial charge on any atom is -0.441 e. The lowest BCUT2D eigenvalue weighted by molar-refractivity contribution is -0.117. The van der Waals surface area contributed by atoms with Gasteiger partial charge in [0.05, 0.1) is 12.2 Å². The number of likely N-dealkylation sites (N-methyl/N-ethyl adjacent to an activating group) is 1. The Morgan fingerprint density at radius 2 is 1.81 bits per heavy atom. The Morgan fingerprint density at radius 3 is 2.56 bits per heavy atom. The molecule has 0 saturated heterocycles. The van der Waals surface area contributed by atoms with Crippen LogP contribution in [0.4, 0.5) is 5.69 Å². The van der Waals surface area contributed by atoms with Crippen molar-refractivity contribution in [2.75, 3.05) is 18.9 Å². The highest BCUT2D eigenvalue weighted by Gasteiger charge is 2.15. The molecule has 5 nitrogen and oxygen atoms in total. The van der Waals surface area contributed by atoms with Gasteiger partial charge in [-0.3, -0.25) is 9.69 Å². The average Bonchev–Trinajstić information content (AvgIpc) is 3.00. The van der Waals surface area contributed by atoms with E-state index in [2.05, 4.69) is 10.3 Å². The zero-order valence-electron chi connectivity index (χ0n) is 16.2. The van der Waals surface area contributed by atoms with Gasteiger partial charge < -0.3 is 9.73 Å². The van der Waals surface area contributed by atoms with Crippen molar-refractivity contribution in [2.24, 2.45) is 0 Å². The molecule has 0 atom stereocenters. The maximum absolute atomic E-state index is 12.4. The van der Waals surface area contributed by atoms with Crippen LogP contribution in [0, 0.1) is 20.8 Å². The van der Waals surface area contributed by atoms with Crippen molar-refractivity contribution in [2.45, 2.75) is 27.3 Å². The molecule has 2 aromatic carbocycles. The van der Waals surface area contributed by atoms with E-state index in [0.29, 0.717) is 12.4 Å². The fourth-order valence-corrected chi connectivity index (χ4v) is 2.91. The van der Waals surface area contributed by atoms with Crippen molar-refractivity contribution in [3.63, 3.8) is 0 Å². The van der Waals surface area contributed by atoms with Crippen LogP contribution in [0.25, 0.3) is 11.5 Å². The van der Waals surface area contributed by atoms with Crippen molar-refractivity contribution in [1.82, 2.24) is 9.88 Å². The second-order valence-electron chi connectivity index (χ2n) is 6.86. The van der Waals surface area contributed by atoms with E-state index in [-0.39, 0.29) is 12.5 Å². The Morgan fingerprint density at radius 1 is 1.07 bits per heavy atom. The van der Waals surface area contributed by atoms with Gasteiger partial charge in [-0.1, -0.05) is 30.3 Å². The van der Waals surface area contributed by atoms with E-state index in [9.17, 15) is 4.79 Å². The summed E-state index contributed by atoms with van der Waals surface area (Å²) >= 11 is 0. The standard InChI is InChI=1S/C22H25N3O2/c1-15-9-8-12-19(16(15)2)23-21(26)14-25(4)13-20-17(3)27-22(24-20)18-10-6-5-7-11-18/h5-12H,13-14H2,1-4H3,(H,23,26). The third kappa shape index (κ3) is 4.63. The number of rotatable bonds is 6. The topological polar surface area (TPSA) is 58.4 Å². The van der Waals surface area contributed by atoms with Gasteiger partial charge in [0.15, 0.2) is 0 Å². The van der Waals surface area contributed by atoms with E-state index < -0.39 is 0 Å². The van der Waals surface area contributed by atoms with E-state index in [1.807, 2.05) is 81.2 Å². The quantitative estimate of drug-likeness (QED) is 0.708. The lowest BCUT2D eigenvalue weighted by Gasteiger charge is -2.16. The molecule has 0 aliphatic carbocycles. The predicted octanol–water partition coefficient (Wildman–Crippen LogP) is 4.34. The smallest absolute Gasteiger partial charge is 0.238 e. The molecule has 3 aromatic rings. The Labute approximate surface area is 160 Å². The summed E-state index contributed by atoms with van der Waals surface area (Å²) in [7, 11) is 1.90. The fourth-order valence-electron chi connectivity index (χ4n) is 2.91. The minimum atomic E-state index is -0.0457. The van der Waals surface area contributed by atoms with Gasteiger partial charge in [-0.25, -0.2) is 4.98 Å². The summed E-state index contributed by atoms with van der Waals surface area (Å²) in [5.41, 5.74) is 4.90. The Bertz CT molecular complexity index is 932. The number of carbonyl (C=O) groups excluding carboxylic acids is 1. The molecule has 0 radical (unpaired) electrons. The van der Waals surface area contributed by atoms with Gasteiger partial charge in [0.1, 0.15) is 5.76 Å². The normalized spacial score (nSPS) is 11.0. The summed E-state index contributed by atoms with van der Waals surface area (Å²) in [6.45, 7) is 6.77. The summed E-state index contributed by atoms with van der Waals surface area (Å²) in [6, 6.07) is 15.7. The maximum atomic E-state index is 12.4. The molecular weight excluding hydrogens is 338 g/mol. The number of nitrogens with zero attached hydrogens (tertiary/aromatic N) is 2. The van der Waals surface area contributed by atoms with Crippen molar-refractivity contribution < 1.29 is 9.21 Å². The van der Waals surface area contributed by atoms with Crippen LogP contribution in [0.1, 0.15) is 22.6 Å². The monoisotopic (exact) mass is 363 g/mol. The van der Waals surface area contributed by atoms with Crippen molar-refractivity contribution in [1.29, 1.82) is 0 Å². The molecule has 5 heteroatoms. The van der Waals surface area contributed by atoms with Gasteiger partial charge in [0.2, 0.25) is 11.8 Å². The number of amides is 1. The third-order valence-corrected chi connectivity index (χ3v) is 4.63. The second kappa shape index (κ2) is 8.18. The molecule has 1 aromatic heterocycles. The molecule has 0 aliphatic rings. The van der Waals surface area contributed by atoms with E-state index in [4.69, 9.17) is 4.42 Å². The molecule has 0 fully saturated rings. The van der Waals surface area contributed by atoms with Crippen LogP contribution in [0.15, 0.2) is 52.9 Å². The summed E-state index contributed by atoms with van der Waals surface area (Å²) in [4.78, 5) is 18.9. The molecule has 0 aliphatic heterocycles. The van der Waals surface area contributed by atoms with Crippen LogP contribution in [0.3, 0.4) is 0 Å². The molecule has 1 amide bonds. The highest BCUT2D eigenvalue weighted by molar-refractivity contribution is 5.93. The number of anilines is 1. The van der Waals surface area contributed by atoms with E-state index in [0.717, 1.165) is 33.8 Å². The Kier molecular flexibility index (Phi) is 5.72. The largest absolute Gasteiger partial charge is 0.441 e. The highest BCUT2D eigenvalue weighted by atomic mass is 16.4. The summed E-state index contributed by atoms with van der Waals surface area (Å²) in [5, 5.41) is 2.99. The van der Waals surface area contributed by atoms with Crippen LogP contribution in [-0.2, 0) is 11.3 Å². The van der Waals surface area contributed by atoms with Gasteiger partial charge in [-0.05, 0) is 57.1 Å². The molecule has 140 valence electrons. The van der Waals surface area contributed by atoms with Gasteiger partial charge in [-0.2, -0.15) is 0 Å². The average molecular weight is 363 g/mol. The Hall–Kier alpha value is -2.92. The number of hydrogen-bond acceptors (Lipinski definition) is 4. The van der Waals surface area contributed by atoms with Crippen LogP contribution in [0.5, 0.6) is 0 Å². The lowest BCUT2D eigenvalue weighted by Crippen LogP contribution is -2.30. The van der Waals surface area contributed by atoms with Gasteiger partial charge >= 0.3 is 0 Å². The molecule has 1 heterocycles. The zero-order valence-corrected chi connectivity index (χ0v) is 16.2.